The van der Waals surface area contributed by atoms with E-state index in [2.05, 4.69) is 42.1 Å². The van der Waals surface area contributed by atoms with Crippen LogP contribution in [0.3, 0.4) is 0 Å². The molecule has 2 rings (SSSR count). The molecular formula is C16H21N3O. The molecule has 20 heavy (non-hydrogen) atoms. The fourth-order valence-corrected chi connectivity index (χ4v) is 2.15. The molecule has 0 fully saturated rings. The lowest BCUT2D eigenvalue weighted by atomic mass is 9.98. The monoisotopic (exact) mass is 271 g/mol. The summed E-state index contributed by atoms with van der Waals surface area (Å²) in [6.45, 7) is 9.33. The lowest BCUT2D eigenvalue weighted by Crippen LogP contribution is -2.00. The lowest BCUT2D eigenvalue weighted by molar-refractivity contribution is 0.461. The van der Waals surface area contributed by atoms with E-state index in [9.17, 15) is 0 Å². The summed E-state index contributed by atoms with van der Waals surface area (Å²) in [4.78, 5) is 8.25. The lowest BCUT2D eigenvalue weighted by Gasteiger charge is -2.12. The minimum atomic E-state index is 0.517. The van der Waals surface area contributed by atoms with Gasteiger partial charge in [-0.1, -0.05) is 19.9 Å². The average Bonchev–Trinajstić information content (AvgIpc) is 2.39. The second-order valence-corrected chi connectivity index (χ2v) is 5.05. The third-order valence-corrected chi connectivity index (χ3v) is 3.09. The molecule has 0 saturated heterocycles. The number of nitrogens with zero attached hydrogens (tertiary/aromatic N) is 2. The number of aromatic nitrogens is 2. The highest BCUT2D eigenvalue weighted by Crippen LogP contribution is 2.26. The molecule has 0 saturated carbocycles. The maximum absolute atomic E-state index is 5.79. The van der Waals surface area contributed by atoms with Crippen LogP contribution in [0.25, 0.3) is 0 Å². The van der Waals surface area contributed by atoms with E-state index in [0.717, 1.165) is 18.1 Å². The molecule has 0 amide bonds. The highest BCUT2D eigenvalue weighted by molar-refractivity contribution is 5.41. The van der Waals surface area contributed by atoms with Crippen LogP contribution in [0.4, 0.5) is 5.82 Å². The smallest absolute Gasteiger partial charge is 0.224 e. The van der Waals surface area contributed by atoms with Gasteiger partial charge in [-0.3, -0.25) is 0 Å². The van der Waals surface area contributed by atoms with Gasteiger partial charge in [0, 0.05) is 12.6 Å². The molecule has 0 spiro atoms. The Kier molecular flexibility index (Phi) is 4.56. The summed E-state index contributed by atoms with van der Waals surface area (Å²) in [5, 5.41) is 3.14. The van der Waals surface area contributed by atoms with Crippen molar-refractivity contribution in [1.29, 1.82) is 0 Å². The average molecular weight is 271 g/mol. The van der Waals surface area contributed by atoms with Gasteiger partial charge in [-0.25, -0.2) is 9.97 Å². The molecule has 1 aromatic carbocycles. The first kappa shape index (κ1) is 14.3. The van der Waals surface area contributed by atoms with Gasteiger partial charge < -0.3 is 10.1 Å². The maximum Gasteiger partial charge on any atom is 0.224 e. The zero-order valence-electron chi connectivity index (χ0n) is 12.5. The third-order valence-electron chi connectivity index (χ3n) is 3.09. The van der Waals surface area contributed by atoms with Crippen LogP contribution >= 0.6 is 0 Å². The van der Waals surface area contributed by atoms with E-state index in [1.807, 2.05) is 19.1 Å². The summed E-state index contributed by atoms with van der Waals surface area (Å²) in [6, 6.07) is 7.94. The van der Waals surface area contributed by atoms with E-state index in [1.54, 1.807) is 6.07 Å². The summed E-state index contributed by atoms with van der Waals surface area (Å²) >= 11 is 0. The molecule has 1 N–H and O–H groups in total. The molecule has 0 bridgehead atoms. The van der Waals surface area contributed by atoms with Crippen molar-refractivity contribution in [3.63, 3.8) is 0 Å². The number of rotatable bonds is 5. The molecule has 0 radical (unpaired) electrons. The first-order chi connectivity index (χ1) is 9.60. The predicted octanol–water partition coefficient (Wildman–Crippen LogP) is 4.13. The fraction of sp³-hybridized carbons (Fsp3) is 0.375. The zero-order chi connectivity index (χ0) is 14.5. The minimum absolute atomic E-state index is 0.517. The standard InChI is InChI=1S/C16H21N3O/c1-5-17-15-9-16(19-10-18-15)20-13-6-7-14(11(2)3)12(4)8-13/h6-11H,5H2,1-4H3,(H,17,18,19). The van der Waals surface area contributed by atoms with Crippen LogP contribution in [-0.4, -0.2) is 16.5 Å². The first-order valence-electron chi connectivity index (χ1n) is 6.94. The molecule has 4 heteroatoms. The highest BCUT2D eigenvalue weighted by atomic mass is 16.5. The van der Waals surface area contributed by atoms with Crippen LogP contribution in [0.1, 0.15) is 37.8 Å². The maximum atomic E-state index is 5.79. The van der Waals surface area contributed by atoms with E-state index < -0.39 is 0 Å². The molecule has 4 nitrogen and oxygen atoms in total. The Morgan fingerprint density at radius 2 is 2.00 bits per heavy atom. The van der Waals surface area contributed by atoms with E-state index in [1.165, 1.54) is 17.5 Å². The number of nitrogens with one attached hydrogen (secondary N) is 1. The predicted molar refractivity (Wildman–Crippen MR) is 81.5 cm³/mol. The Balaban J connectivity index is 2.17. The number of hydrogen-bond acceptors (Lipinski definition) is 4. The number of anilines is 1. The summed E-state index contributed by atoms with van der Waals surface area (Å²) in [7, 11) is 0. The molecule has 0 aliphatic rings. The number of benzene rings is 1. The third kappa shape index (κ3) is 3.47. The zero-order valence-corrected chi connectivity index (χ0v) is 12.5. The molecule has 0 unspecified atom stereocenters. The Morgan fingerprint density at radius 1 is 1.20 bits per heavy atom. The van der Waals surface area contributed by atoms with E-state index in [4.69, 9.17) is 4.74 Å². The topological polar surface area (TPSA) is 47.0 Å². The van der Waals surface area contributed by atoms with Crippen molar-refractivity contribution in [2.45, 2.75) is 33.6 Å². The minimum Gasteiger partial charge on any atom is -0.439 e. The highest BCUT2D eigenvalue weighted by Gasteiger charge is 2.06. The Labute approximate surface area is 120 Å². The molecule has 0 atom stereocenters. The van der Waals surface area contributed by atoms with Crippen LogP contribution in [0.2, 0.25) is 0 Å². The molecule has 1 aromatic heterocycles. The normalized spacial score (nSPS) is 10.7. The Hall–Kier alpha value is -2.10. The van der Waals surface area contributed by atoms with E-state index in [0.29, 0.717) is 11.8 Å². The van der Waals surface area contributed by atoms with Gasteiger partial charge in [-0.2, -0.15) is 0 Å². The summed E-state index contributed by atoms with van der Waals surface area (Å²) in [6.07, 6.45) is 1.50. The molecule has 0 aliphatic carbocycles. The van der Waals surface area contributed by atoms with Gasteiger partial charge in [-0.05, 0) is 43.0 Å². The molecule has 1 heterocycles. The van der Waals surface area contributed by atoms with Crippen molar-refractivity contribution in [3.8, 4) is 11.6 Å². The first-order valence-corrected chi connectivity index (χ1v) is 6.94. The summed E-state index contributed by atoms with van der Waals surface area (Å²) in [5.74, 6) is 2.64. The largest absolute Gasteiger partial charge is 0.439 e. The Bertz CT molecular complexity index is 582. The second kappa shape index (κ2) is 6.37. The summed E-state index contributed by atoms with van der Waals surface area (Å²) in [5.41, 5.74) is 2.58. The van der Waals surface area contributed by atoms with Crippen LogP contribution in [0.15, 0.2) is 30.6 Å². The Morgan fingerprint density at radius 3 is 2.65 bits per heavy atom. The SMILES string of the molecule is CCNc1cc(Oc2ccc(C(C)C)c(C)c2)ncn1. The fourth-order valence-electron chi connectivity index (χ4n) is 2.15. The molecule has 2 aromatic rings. The van der Waals surface area contributed by atoms with Crippen LogP contribution in [0, 0.1) is 6.92 Å². The molecule has 0 aliphatic heterocycles. The summed E-state index contributed by atoms with van der Waals surface area (Å²) < 4.78 is 5.79. The number of aryl methyl sites for hydroxylation is 1. The van der Waals surface area contributed by atoms with Gasteiger partial charge in [0.25, 0.3) is 0 Å². The van der Waals surface area contributed by atoms with E-state index >= 15 is 0 Å². The van der Waals surface area contributed by atoms with Gasteiger partial charge in [0.05, 0.1) is 0 Å². The van der Waals surface area contributed by atoms with Gasteiger partial charge in [0.15, 0.2) is 0 Å². The van der Waals surface area contributed by atoms with Crippen molar-refractivity contribution in [2.75, 3.05) is 11.9 Å². The molecule has 106 valence electrons. The number of hydrogen-bond donors (Lipinski definition) is 1. The van der Waals surface area contributed by atoms with Crippen molar-refractivity contribution in [1.82, 2.24) is 9.97 Å². The van der Waals surface area contributed by atoms with Gasteiger partial charge in [0.2, 0.25) is 5.88 Å². The van der Waals surface area contributed by atoms with Crippen molar-refractivity contribution < 1.29 is 4.74 Å². The van der Waals surface area contributed by atoms with Crippen molar-refractivity contribution in [3.05, 3.63) is 41.7 Å². The van der Waals surface area contributed by atoms with Crippen LogP contribution in [0.5, 0.6) is 11.6 Å². The van der Waals surface area contributed by atoms with Crippen LogP contribution < -0.4 is 10.1 Å². The van der Waals surface area contributed by atoms with E-state index in [-0.39, 0.29) is 0 Å². The van der Waals surface area contributed by atoms with Gasteiger partial charge >= 0.3 is 0 Å². The van der Waals surface area contributed by atoms with Crippen molar-refractivity contribution >= 4 is 5.82 Å². The second-order valence-electron chi connectivity index (χ2n) is 5.05. The van der Waals surface area contributed by atoms with Crippen molar-refractivity contribution in [2.24, 2.45) is 0 Å². The molecular weight excluding hydrogens is 250 g/mol. The van der Waals surface area contributed by atoms with Gasteiger partial charge in [0.1, 0.15) is 17.9 Å². The van der Waals surface area contributed by atoms with Gasteiger partial charge in [-0.15, -0.1) is 0 Å². The van der Waals surface area contributed by atoms with Crippen LogP contribution in [-0.2, 0) is 0 Å². The number of ether oxygens (including phenoxy) is 1. The quantitative estimate of drug-likeness (QED) is 0.888.